The van der Waals surface area contributed by atoms with Crippen molar-refractivity contribution in [3.05, 3.63) is 23.8 Å². The zero-order chi connectivity index (χ0) is 13.9. The number of sulfonamides is 1. The number of hydrogen-bond acceptors (Lipinski definition) is 4. The number of hydrogen-bond donors (Lipinski definition) is 3. The van der Waals surface area contributed by atoms with Gasteiger partial charge in [-0.2, -0.15) is 0 Å². The molecule has 0 aliphatic rings. The Morgan fingerprint density at radius 3 is 2.61 bits per heavy atom. The van der Waals surface area contributed by atoms with Gasteiger partial charge in [-0.15, -0.1) is 0 Å². The van der Waals surface area contributed by atoms with Crippen LogP contribution in [0.25, 0.3) is 0 Å². The Balaban J connectivity index is 2.99. The van der Waals surface area contributed by atoms with Crippen molar-refractivity contribution in [3.63, 3.8) is 0 Å². The average molecular weight is 271 g/mol. The van der Waals surface area contributed by atoms with E-state index in [2.05, 4.69) is 4.72 Å². The lowest BCUT2D eigenvalue weighted by Crippen LogP contribution is -2.36. The molecule has 18 heavy (non-hydrogen) atoms. The van der Waals surface area contributed by atoms with E-state index in [9.17, 15) is 13.2 Å². The molecule has 0 bridgehead atoms. The Morgan fingerprint density at radius 1 is 1.44 bits per heavy atom. The maximum absolute atomic E-state index is 12.1. The first kappa shape index (κ1) is 14.5. The second-order valence-corrected chi connectivity index (χ2v) is 5.90. The maximum atomic E-state index is 12.1. The van der Waals surface area contributed by atoms with Gasteiger partial charge in [0.05, 0.1) is 4.90 Å². The van der Waals surface area contributed by atoms with Gasteiger partial charge in [-0.25, -0.2) is 13.1 Å². The molecular weight excluding hydrogens is 254 g/mol. The molecule has 6 nitrogen and oxygen atoms in total. The van der Waals surface area contributed by atoms with E-state index in [-0.39, 0.29) is 11.3 Å². The lowest BCUT2D eigenvalue weighted by atomic mass is 10.2. The molecule has 7 heteroatoms. The number of rotatable bonds is 5. The van der Waals surface area contributed by atoms with Crippen molar-refractivity contribution >= 4 is 21.6 Å². The van der Waals surface area contributed by atoms with Gasteiger partial charge in [-0.05, 0) is 31.5 Å². The van der Waals surface area contributed by atoms with E-state index in [0.29, 0.717) is 11.3 Å². The van der Waals surface area contributed by atoms with Crippen molar-refractivity contribution in [2.24, 2.45) is 5.73 Å². The van der Waals surface area contributed by atoms with E-state index in [1.807, 2.05) is 0 Å². The summed E-state index contributed by atoms with van der Waals surface area (Å²) in [5.41, 5.74) is 11.5. The molecule has 1 rings (SSSR count). The Hall–Kier alpha value is -1.60. The van der Waals surface area contributed by atoms with Crippen molar-refractivity contribution in [2.45, 2.75) is 31.2 Å². The monoisotopic (exact) mass is 271 g/mol. The normalized spacial score (nSPS) is 13.2. The molecule has 0 saturated carbocycles. The molecule has 0 radical (unpaired) electrons. The van der Waals surface area contributed by atoms with Gasteiger partial charge in [0, 0.05) is 18.2 Å². The SMILES string of the molecule is Cc1ccc(N)cc1S(=O)(=O)NC(C)CC(N)=O. The quantitative estimate of drug-likeness (QED) is 0.659. The highest BCUT2D eigenvalue weighted by molar-refractivity contribution is 7.89. The summed E-state index contributed by atoms with van der Waals surface area (Å²) in [5, 5.41) is 0. The minimum atomic E-state index is -3.70. The summed E-state index contributed by atoms with van der Waals surface area (Å²) >= 11 is 0. The van der Waals surface area contributed by atoms with Gasteiger partial charge in [0.25, 0.3) is 0 Å². The number of carbonyl (C=O) groups excluding carboxylic acids is 1. The molecule has 1 amide bonds. The molecule has 0 aromatic heterocycles. The maximum Gasteiger partial charge on any atom is 0.241 e. The first-order valence-electron chi connectivity index (χ1n) is 5.39. The Kier molecular flexibility index (Phi) is 4.31. The zero-order valence-electron chi connectivity index (χ0n) is 10.3. The Labute approximate surface area is 106 Å². The molecule has 1 aromatic carbocycles. The standard InChI is InChI=1S/C11H17N3O3S/c1-7-3-4-9(12)6-10(7)18(16,17)14-8(2)5-11(13)15/h3-4,6,8,14H,5,12H2,1-2H3,(H2,13,15). The second-order valence-electron chi connectivity index (χ2n) is 4.22. The second kappa shape index (κ2) is 5.36. The van der Waals surface area contributed by atoms with Crippen LogP contribution in [0.5, 0.6) is 0 Å². The molecule has 0 aliphatic carbocycles. The van der Waals surface area contributed by atoms with Crippen molar-refractivity contribution in [3.8, 4) is 0 Å². The van der Waals surface area contributed by atoms with E-state index < -0.39 is 22.0 Å². The van der Waals surface area contributed by atoms with Crippen molar-refractivity contribution in [1.82, 2.24) is 4.72 Å². The fourth-order valence-corrected chi connectivity index (χ4v) is 3.10. The van der Waals surface area contributed by atoms with Crippen LogP contribution in [-0.2, 0) is 14.8 Å². The number of anilines is 1. The third-order valence-corrected chi connectivity index (χ3v) is 4.10. The lowest BCUT2D eigenvalue weighted by molar-refractivity contribution is -0.118. The van der Waals surface area contributed by atoms with Crippen molar-refractivity contribution in [2.75, 3.05) is 5.73 Å². The van der Waals surface area contributed by atoms with Crippen LogP contribution in [-0.4, -0.2) is 20.4 Å². The van der Waals surface area contributed by atoms with Gasteiger partial charge in [0.1, 0.15) is 0 Å². The fourth-order valence-electron chi connectivity index (χ4n) is 1.58. The number of nitrogens with two attached hydrogens (primary N) is 2. The number of nitrogen functional groups attached to an aromatic ring is 1. The minimum absolute atomic E-state index is 0.0550. The predicted molar refractivity (Wildman–Crippen MR) is 69.2 cm³/mol. The van der Waals surface area contributed by atoms with Crippen LogP contribution in [0.3, 0.4) is 0 Å². The first-order chi connectivity index (χ1) is 8.22. The third kappa shape index (κ3) is 3.71. The van der Waals surface area contributed by atoms with Gasteiger partial charge in [-0.1, -0.05) is 6.07 Å². The number of benzene rings is 1. The number of aryl methyl sites for hydroxylation is 1. The molecular formula is C11H17N3O3S. The molecule has 100 valence electrons. The topological polar surface area (TPSA) is 115 Å². The largest absolute Gasteiger partial charge is 0.399 e. The molecule has 0 fully saturated rings. The molecule has 0 saturated heterocycles. The number of nitrogens with one attached hydrogen (secondary N) is 1. The molecule has 0 heterocycles. The number of amides is 1. The third-order valence-electron chi connectivity index (χ3n) is 2.37. The first-order valence-corrected chi connectivity index (χ1v) is 6.87. The zero-order valence-corrected chi connectivity index (χ0v) is 11.1. The van der Waals surface area contributed by atoms with Gasteiger partial charge < -0.3 is 11.5 Å². The molecule has 0 aliphatic heterocycles. The van der Waals surface area contributed by atoms with Crippen LogP contribution >= 0.6 is 0 Å². The van der Waals surface area contributed by atoms with E-state index in [4.69, 9.17) is 11.5 Å². The highest BCUT2D eigenvalue weighted by Gasteiger charge is 2.20. The smallest absolute Gasteiger partial charge is 0.241 e. The van der Waals surface area contributed by atoms with E-state index in [1.54, 1.807) is 26.0 Å². The molecule has 0 spiro atoms. The van der Waals surface area contributed by atoms with Gasteiger partial charge in [0.2, 0.25) is 15.9 Å². The number of carbonyl (C=O) groups is 1. The van der Waals surface area contributed by atoms with Crippen LogP contribution in [0.2, 0.25) is 0 Å². The summed E-state index contributed by atoms with van der Waals surface area (Å²) in [4.78, 5) is 10.8. The molecule has 1 atom stereocenters. The van der Waals surface area contributed by atoms with Crippen LogP contribution in [0, 0.1) is 6.92 Å². The van der Waals surface area contributed by atoms with Gasteiger partial charge >= 0.3 is 0 Å². The van der Waals surface area contributed by atoms with Crippen molar-refractivity contribution in [1.29, 1.82) is 0 Å². The minimum Gasteiger partial charge on any atom is -0.399 e. The highest BCUT2D eigenvalue weighted by Crippen LogP contribution is 2.18. The van der Waals surface area contributed by atoms with Crippen molar-refractivity contribution < 1.29 is 13.2 Å². The summed E-state index contributed by atoms with van der Waals surface area (Å²) in [6.07, 6.45) is -0.0550. The van der Waals surface area contributed by atoms with E-state index in [1.165, 1.54) is 6.07 Å². The molecule has 5 N–H and O–H groups in total. The number of primary amides is 1. The fraction of sp³-hybridized carbons (Fsp3) is 0.364. The summed E-state index contributed by atoms with van der Waals surface area (Å²) in [7, 11) is -3.70. The summed E-state index contributed by atoms with van der Waals surface area (Å²) < 4.78 is 26.5. The highest BCUT2D eigenvalue weighted by atomic mass is 32.2. The van der Waals surface area contributed by atoms with Crippen LogP contribution in [0.15, 0.2) is 23.1 Å². The van der Waals surface area contributed by atoms with Crippen LogP contribution < -0.4 is 16.2 Å². The van der Waals surface area contributed by atoms with Crippen LogP contribution in [0.4, 0.5) is 5.69 Å². The Bertz CT molecular complexity index is 555. The predicted octanol–water partition coefficient (Wildman–Crippen LogP) is 0.119. The van der Waals surface area contributed by atoms with Gasteiger partial charge in [-0.3, -0.25) is 4.79 Å². The lowest BCUT2D eigenvalue weighted by Gasteiger charge is -2.14. The van der Waals surface area contributed by atoms with E-state index >= 15 is 0 Å². The Morgan fingerprint density at radius 2 is 2.06 bits per heavy atom. The summed E-state index contributed by atoms with van der Waals surface area (Å²) in [6.45, 7) is 3.25. The van der Waals surface area contributed by atoms with Gasteiger partial charge in [0.15, 0.2) is 0 Å². The summed E-state index contributed by atoms with van der Waals surface area (Å²) in [5.74, 6) is -0.561. The molecule has 1 unspecified atom stereocenters. The van der Waals surface area contributed by atoms with E-state index in [0.717, 1.165) is 0 Å². The summed E-state index contributed by atoms with van der Waals surface area (Å²) in [6, 6.07) is 4.08. The molecule has 1 aromatic rings. The van der Waals surface area contributed by atoms with Crippen LogP contribution in [0.1, 0.15) is 18.9 Å². The average Bonchev–Trinajstić information content (AvgIpc) is 2.19.